The van der Waals surface area contributed by atoms with Crippen molar-refractivity contribution in [1.29, 1.82) is 0 Å². The monoisotopic (exact) mass is 416 g/mol. The highest BCUT2D eigenvalue weighted by molar-refractivity contribution is 5.85. The van der Waals surface area contributed by atoms with Gasteiger partial charge in [-0.15, -0.1) is 0 Å². The molecule has 5 rings (SSSR count). The topological polar surface area (TPSA) is 70.0 Å². The number of hydrogen-bond acceptors (Lipinski definition) is 6. The third kappa shape index (κ3) is 4.74. The Labute approximate surface area is 182 Å². The predicted molar refractivity (Wildman–Crippen MR) is 120 cm³/mol. The average Bonchev–Trinajstić information content (AvgIpc) is 2.81. The van der Waals surface area contributed by atoms with Crippen molar-refractivity contribution in [2.24, 2.45) is 5.92 Å². The minimum Gasteiger partial charge on any atom is -0.488 e. The molecule has 0 saturated heterocycles. The second kappa shape index (κ2) is 9.10. The van der Waals surface area contributed by atoms with Crippen LogP contribution in [0.4, 0.5) is 0 Å². The molecule has 0 radical (unpaired) electrons. The van der Waals surface area contributed by atoms with Crippen LogP contribution < -0.4 is 4.74 Å². The van der Waals surface area contributed by atoms with E-state index in [1.807, 2.05) is 19.2 Å². The number of nitrogens with zero attached hydrogens (tertiary/aromatic N) is 4. The number of ether oxygens (including phenoxy) is 2. The summed E-state index contributed by atoms with van der Waals surface area (Å²) in [7, 11) is 0. The zero-order valence-electron chi connectivity index (χ0n) is 18.0. The molecular weight excluding hydrogens is 388 g/mol. The minimum absolute atomic E-state index is 0.215. The fraction of sp³-hybridized carbons (Fsp3) is 0.440. The zero-order chi connectivity index (χ0) is 21.0. The summed E-state index contributed by atoms with van der Waals surface area (Å²) in [6, 6.07) is 6.30. The smallest absolute Gasteiger partial charge is 0.148 e. The summed E-state index contributed by atoms with van der Waals surface area (Å²) < 4.78 is 12.0. The first-order valence-electron chi connectivity index (χ1n) is 11.2. The molecule has 31 heavy (non-hydrogen) atoms. The van der Waals surface area contributed by atoms with Crippen molar-refractivity contribution in [3.05, 3.63) is 59.9 Å². The van der Waals surface area contributed by atoms with Gasteiger partial charge in [0, 0.05) is 24.3 Å². The van der Waals surface area contributed by atoms with Crippen LogP contribution in [-0.2, 0) is 11.2 Å². The van der Waals surface area contributed by atoms with E-state index in [0.29, 0.717) is 12.5 Å². The quantitative estimate of drug-likeness (QED) is 0.600. The molecule has 1 fully saturated rings. The summed E-state index contributed by atoms with van der Waals surface area (Å²) in [5, 5.41) is 0. The number of hydrogen-bond donors (Lipinski definition) is 0. The van der Waals surface area contributed by atoms with Crippen molar-refractivity contribution in [3.63, 3.8) is 0 Å². The largest absolute Gasteiger partial charge is 0.488 e. The molecule has 2 aromatic heterocycles. The minimum atomic E-state index is 0.215. The number of fused-ring (bicyclic) bond motifs is 1. The van der Waals surface area contributed by atoms with Crippen molar-refractivity contribution in [2.75, 3.05) is 13.2 Å². The Kier molecular flexibility index (Phi) is 5.89. The van der Waals surface area contributed by atoms with Gasteiger partial charge in [0.2, 0.25) is 0 Å². The summed E-state index contributed by atoms with van der Waals surface area (Å²) in [5.41, 5.74) is 5.34. The first-order valence-corrected chi connectivity index (χ1v) is 11.2. The number of aromatic nitrogens is 4. The van der Waals surface area contributed by atoms with Gasteiger partial charge in [-0.05, 0) is 80.7 Å². The van der Waals surface area contributed by atoms with Crippen molar-refractivity contribution >= 4 is 16.6 Å². The second-order valence-electron chi connectivity index (χ2n) is 8.51. The molecule has 6 heteroatoms. The molecule has 0 unspecified atom stereocenters. The van der Waals surface area contributed by atoms with Gasteiger partial charge in [-0.1, -0.05) is 6.08 Å². The highest BCUT2D eigenvalue weighted by atomic mass is 16.5. The maximum Gasteiger partial charge on any atom is 0.148 e. The summed E-state index contributed by atoms with van der Waals surface area (Å²) >= 11 is 0. The van der Waals surface area contributed by atoms with Crippen molar-refractivity contribution in [1.82, 2.24) is 19.9 Å². The van der Waals surface area contributed by atoms with Gasteiger partial charge >= 0.3 is 0 Å². The zero-order valence-corrected chi connectivity index (χ0v) is 18.0. The molecule has 1 saturated carbocycles. The fourth-order valence-corrected chi connectivity index (χ4v) is 4.66. The molecule has 0 bridgehead atoms. The van der Waals surface area contributed by atoms with Crippen LogP contribution in [0.15, 0.2) is 42.9 Å². The van der Waals surface area contributed by atoms with Crippen LogP contribution in [0.1, 0.15) is 49.2 Å². The third-order valence-corrected chi connectivity index (χ3v) is 6.29. The summed E-state index contributed by atoms with van der Waals surface area (Å²) in [5.74, 6) is 2.36. The first kappa shape index (κ1) is 20.1. The second-order valence-corrected chi connectivity index (χ2v) is 8.51. The molecule has 6 nitrogen and oxygen atoms in total. The van der Waals surface area contributed by atoms with E-state index in [9.17, 15) is 0 Å². The van der Waals surface area contributed by atoms with Gasteiger partial charge in [0.1, 0.15) is 17.1 Å². The third-order valence-electron chi connectivity index (χ3n) is 6.29. The number of aryl methyl sites for hydroxylation is 1. The van der Waals surface area contributed by atoms with Crippen molar-refractivity contribution in [2.45, 2.75) is 51.6 Å². The van der Waals surface area contributed by atoms with Crippen LogP contribution in [0.2, 0.25) is 0 Å². The van der Waals surface area contributed by atoms with Gasteiger partial charge in [0.15, 0.2) is 0 Å². The Morgan fingerprint density at radius 2 is 1.90 bits per heavy atom. The molecule has 0 amide bonds. The first-order chi connectivity index (χ1) is 15.2. The molecule has 0 N–H and O–H groups in total. The van der Waals surface area contributed by atoms with Crippen molar-refractivity contribution < 1.29 is 9.47 Å². The standard InChI is InChI=1S/C25H28N4O2/c1-17-26-9-6-21(29-17)14-18-2-4-22(5-3-18)31-24-16-20(19-7-12-30-13-8-19)15-23-25(24)28-11-10-27-23/h6-7,9-11,15-16,18,22H,2-5,8,12-14H2,1H3. The number of rotatable bonds is 5. The van der Waals surface area contributed by atoms with Gasteiger partial charge < -0.3 is 9.47 Å². The lowest BCUT2D eigenvalue weighted by Gasteiger charge is -2.29. The van der Waals surface area contributed by atoms with E-state index in [4.69, 9.17) is 9.47 Å². The van der Waals surface area contributed by atoms with Crippen LogP contribution in [0.3, 0.4) is 0 Å². The molecule has 3 heterocycles. The highest BCUT2D eigenvalue weighted by Gasteiger charge is 2.24. The Morgan fingerprint density at radius 1 is 1.03 bits per heavy atom. The van der Waals surface area contributed by atoms with E-state index in [1.54, 1.807) is 12.4 Å². The van der Waals surface area contributed by atoms with Gasteiger partial charge in [0.05, 0.1) is 24.8 Å². The van der Waals surface area contributed by atoms with Crippen LogP contribution >= 0.6 is 0 Å². The Balaban J connectivity index is 1.30. The lowest BCUT2D eigenvalue weighted by molar-refractivity contribution is 0.132. The van der Waals surface area contributed by atoms with Crippen LogP contribution in [0.25, 0.3) is 16.6 Å². The van der Waals surface area contributed by atoms with E-state index < -0.39 is 0 Å². The predicted octanol–water partition coefficient (Wildman–Crippen LogP) is 4.71. The molecule has 1 aliphatic carbocycles. The lowest BCUT2D eigenvalue weighted by atomic mass is 9.84. The summed E-state index contributed by atoms with van der Waals surface area (Å²) in [6.07, 6.45) is 14.1. The van der Waals surface area contributed by atoms with Crippen LogP contribution in [-0.4, -0.2) is 39.3 Å². The number of benzene rings is 1. The molecule has 160 valence electrons. The van der Waals surface area contributed by atoms with Crippen LogP contribution in [0.5, 0.6) is 5.75 Å². The fourth-order valence-electron chi connectivity index (χ4n) is 4.66. The Morgan fingerprint density at radius 3 is 2.71 bits per heavy atom. The molecule has 0 spiro atoms. The maximum absolute atomic E-state index is 6.53. The summed E-state index contributed by atoms with van der Waals surface area (Å²) in [6.45, 7) is 3.38. The van der Waals surface area contributed by atoms with Crippen molar-refractivity contribution in [3.8, 4) is 5.75 Å². The van der Waals surface area contributed by atoms with Gasteiger partial charge in [-0.3, -0.25) is 4.98 Å². The van der Waals surface area contributed by atoms with Gasteiger partial charge in [0.25, 0.3) is 0 Å². The highest BCUT2D eigenvalue weighted by Crippen LogP contribution is 2.34. The van der Waals surface area contributed by atoms with E-state index in [1.165, 1.54) is 11.1 Å². The maximum atomic E-state index is 6.53. The molecular formula is C25H28N4O2. The Hall–Kier alpha value is -2.86. The normalized spacial score (nSPS) is 21.6. The molecule has 1 aliphatic heterocycles. The molecule has 3 aromatic rings. The average molecular weight is 417 g/mol. The van der Waals surface area contributed by atoms with Gasteiger partial charge in [-0.25, -0.2) is 15.0 Å². The van der Waals surface area contributed by atoms with E-state index in [0.717, 1.165) is 73.4 Å². The SMILES string of the molecule is Cc1nccc(CC2CCC(Oc3cc(C4=CCOCC4)cc4nccnc34)CC2)n1. The Bertz CT molecular complexity index is 1090. The lowest BCUT2D eigenvalue weighted by Crippen LogP contribution is -2.25. The molecule has 1 aromatic carbocycles. The van der Waals surface area contributed by atoms with Crippen LogP contribution in [0, 0.1) is 12.8 Å². The molecule has 0 atom stereocenters. The molecule has 2 aliphatic rings. The van der Waals surface area contributed by atoms with Gasteiger partial charge in [-0.2, -0.15) is 0 Å². The van der Waals surface area contributed by atoms with E-state index >= 15 is 0 Å². The van der Waals surface area contributed by atoms with E-state index in [2.05, 4.69) is 38.1 Å². The summed E-state index contributed by atoms with van der Waals surface area (Å²) in [4.78, 5) is 17.9. The van der Waals surface area contributed by atoms with E-state index in [-0.39, 0.29) is 6.10 Å².